The molecule has 1 aromatic carbocycles. The summed E-state index contributed by atoms with van der Waals surface area (Å²) in [4.78, 5) is 14.8. The third-order valence-corrected chi connectivity index (χ3v) is 4.02. The predicted molar refractivity (Wildman–Crippen MR) is 70.4 cm³/mol. The van der Waals surface area contributed by atoms with Crippen molar-refractivity contribution < 1.29 is 4.79 Å². The minimum Gasteiger partial charge on any atom is -0.297 e. The van der Waals surface area contributed by atoms with Crippen molar-refractivity contribution in [3.8, 4) is 0 Å². The molecular weight excluding hydrogens is 210 g/mol. The van der Waals surface area contributed by atoms with Crippen LogP contribution >= 0.6 is 0 Å². The second kappa shape index (κ2) is 4.61. The van der Waals surface area contributed by atoms with Crippen LogP contribution in [-0.2, 0) is 0 Å². The van der Waals surface area contributed by atoms with Gasteiger partial charge in [-0.1, -0.05) is 42.7 Å². The highest BCUT2D eigenvalue weighted by atomic mass is 16.1. The van der Waals surface area contributed by atoms with Crippen molar-refractivity contribution in [1.29, 1.82) is 0 Å². The first-order valence-electron chi connectivity index (χ1n) is 6.35. The van der Waals surface area contributed by atoms with Gasteiger partial charge in [0.2, 0.25) is 0 Å². The van der Waals surface area contributed by atoms with Gasteiger partial charge in [-0.25, -0.2) is 0 Å². The molecule has 0 saturated heterocycles. The molecular formula is C15H21NO. The summed E-state index contributed by atoms with van der Waals surface area (Å²) in [5.41, 5.74) is 1.80. The molecule has 0 amide bonds. The molecule has 0 N–H and O–H groups in total. The molecule has 2 nitrogen and oxygen atoms in total. The number of rotatable bonds is 3. The highest BCUT2D eigenvalue weighted by Crippen LogP contribution is 2.36. The lowest BCUT2D eigenvalue weighted by molar-refractivity contribution is 0.0693. The Labute approximate surface area is 104 Å². The molecule has 0 bridgehead atoms. The van der Waals surface area contributed by atoms with Crippen LogP contribution in [0.2, 0.25) is 0 Å². The molecule has 1 aliphatic carbocycles. The van der Waals surface area contributed by atoms with Crippen LogP contribution in [0, 0.1) is 6.92 Å². The van der Waals surface area contributed by atoms with Gasteiger partial charge in [0.1, 0.15) is 0 Å². The molecule has 17 heavy (non-hydrogen) atoms. The Bertz CT molecular complexity index is 399. The first kappa shape index (κ1) is 12.3. The normalized spacial score (nSPS) is 18.6. The molecule has 92 valence electrons. The van der Waals surface area contributed by atoms with E-state index < -0.39 is 0 Å². The summed E-state index contributed by atoms with van der Waals surface area (Å²) >= 11 is 0. The van der Waals surface area contributed by atoms with Crippen molar-refractivity contribution in [2.24, 2.45) is 0 Å². The fourth-order valence-corrected chi connectivity index (χ4v) is 2.81. The largest absolute Gasteiger partial charge is 0.297 e. The van der Waals surface area contributed by atoms with E-state index in [9.17, 15) is 4.79 Å². The van der Waals surface area contributed by atoms with Gasteiger partial charge in [-0.3, -0.25) is 9.69 Å². The van der Waals surface area contributed by atoms with Gasteiger partial charge in [0, 0.05) is 5.56 Å². The SMILES string of the molecule is Cc1ccc(C(=O)C2(N(C)C)CCCC2)cc1. The minimum absolute atomic E-state index is 0.255. The molecule has 0 aliphatic heterocycles. The summed E-state index contributed by atoms with van der Waals surface area (Å²) in [6.45, 7) is 2.05. The Morgan fingerprint density at radius 1 is 1.12 bits per heavy atom. The van der Waals surface area contributed by atoms with Crippen LogP contribution in [0.3, 0.4) is 0 Å². The molecule has 0 heterocycles. The van der Waals surface area contributed by atoms with Crippen molar-refractivity contribution in [2.75, 3.05) is 14.1 Å². The lowest BCUT2D eigenvalue weighted by Crippen LogP contribution is -2.48. The second-order valence-corrected chi connectivity index (χ2v) is 5.33. The first-order chi connectivity index (χ1) is 8.06. The van der Waals surface area contributed by atoms with Gasteiger partial charge >= 0.3 is 0 Å². The number of aryl methyl sites for hydroxylation is 1. The summed E-state index contributed by atoms with van der Waals surface area (Å²) in [6.07, 6.45) is 4.31. The van der Waals surface area contributed by atoms with E-state index >= 15 is 0 Å². The minimum atomic E-state index is -0.255. The molecule has 0 atom stereocenters. The van der Waals surface area contributed by atoms with E-state index in [2.05, 4.69) is 4.90 Å². The second-order valence-electron chi connectivity index (χ2n) is 5.33. The zero-order chi connectivity index (χ0) is 12.5. The molecule has 1 fully saturated rings. The van der Waals surface area contributed by atoms with Crippen LogP contribution in [0.15, 0.2) is 24.3 Å². The fraction of sp³-hybridized carbons (Fsp3) is 0.533. The van der Waals surface area contributed by atoms with E-state index in [1.165, 1.54) is 5.56 Å². The summed E-state index contributed by atoms with van der Waals surface area (Å²) in [5, 5.41) is 0. The fourth-order valence-electron chi connectivity index (χ4n) is 2.81. The number of carbonyl (C=O) groups is 1. The lowest BCUT2D eigenvalue weighted by Gasteiger charge is -2.34. The number of likely N-dealkylation sites (N-methyl/N-ethyl adjacent to an activating group) is 1. The lowest BCUT2D eigenvalue weighted by atomic mass is 9.86. The van der Waals surface area contributed by atoms with Gasteiger partial charge in [-0.2, -0.15) is 0 Å². The van der Waals surface area contributed by atoms with Crippen molar-refractivity contribution in [2.45, 2.75) is 38.1 Å². The number of benzene rings is 1. The van der Waals surface area contributed by atoms with Crippen LogP contribution in [-0.4, -0.2) is 30.3 Å². The van der Waals surface area contributed by atoms with E-state index in [1.54, 1.807) is 0 Å². The Morgan fingerprint density at radius 2 is 1.65 bits per heavy atom. The van der Waals surface area contributed by atoms with Crippen molar-refractivity contribution in [3.63, 3.8) is 0 Å². The Balaban J connectivity index is 2.31. The van der Waals surface area contributed by atoms with Gasteiger partial charge < -0.3 is 0 Å². The molecule has 0 spiro atoms. The van der Waals surface area contributed by atoms with Gasteiger partial charge in [0.15, 0.2) is 5.78 Å². The molecule has 1 aliphatic rings. The van der Waals surface area contributed by atoms with Crippen LogP contribution in [0.1, 0.15) is 41.6 Å². The maximum Gasteiger partial charge on any atom is 0.183 e. The first-order valence-corrected chi connectivity index (χ1v) is 6.35. The summed E-state index contributed by atoms with van der Waals surface area (Å²) in [7, 11) is 4.05. The van der Waals surface area contributed by atoms with Crippen LogP contribution in [0.25, 0.3) is 0 Å². The highest BCUT2D eigenvalue weighted by molar-refractivity contribution is 6.03. The molecule has 1 saturated carbocycles. The summed E-state index contributed by atoms with van der Waals surface area (Å²) in [6, 6.07) is 7.96. The molecule has 0 unspecified atom stereocenters. The standard InChI is InChI=1S/C15H21NO/c1-12-6-8-13(9-7-12)14(17)15(16(2)3)10-4-5-11-15/h6-9H,4-5,10-11H2,1-3H3. The third-order valence-electron chi connectivity index (χ3n) is 4.02. The van der Waals surface area contributed by atoms with Crippen LogP contribution in [0.4, 0.5) is 0 Å². The number of nitrogens with zero attached hydrogens (tertiary/aromatic N) is 1. The van der Waals surface area contributed by atoms with Gasteiger partial charge in [0.25, 0.3) is 0 Å². The molecule has 0 radical (unpaired) electrons. The average Bonchev–Trinajstić information content (AvgIpc) is 2.79. The molecule has 2 rings (SSSR count). The van der Waals surface area contributed by atoms with E-state index in [0.717, 1.165) is 31.2 Å². The number of hydrogen-bond donors (Lipinski definition) is 0. The van der Waals surface area contributed by atoms with Crippen molar-refractivity contribution in [1.82, 2.24) is 4.90 Å². The van der Waals surface area contributed by atoms with E-state index in [1.807, 2.05) is 45.3 Å². The van der Waals surface area contributed by atoms with Gasteiger partial charge in [0.05, 0.1) is 5.54 Å². The zero-order valence-corrected chi connectivity index (χ0v) is 11.0. The van der Waals surface area contributed by atoms with E-state index in [0.29, 0.717) is 5.78 Å². The Morgan fingerprint density at radius 3 is 2.12 bits per heavy atom. The number of ketones is 1. The van der Waals surface area contributed by atoms with E-state index in [4.69, 9.17) is 0 Å². The summed E-state index contributed by atoms with van der Waals surface area (Å²) in [5.74, 6) is 0.292. The highest BCUT2D eigenvalue weighted by Gasteiger charge is 2.43. The predicted octanol–water partition coefficient (Wildman–Crippen LogP) is 3.05. The number of Topliss-reactive ketones (excluding diaryl/α,β-unsaturated/α-hetero) is 1. The Kier molecular flexibility index (Phi) is 3.34. The molecule has 1 aromatic rings. The quantitative estimate of drug-likeness (QED) is 0.745. The van der Waals surface area contributed by atoms with Gasteiger partial charge in [-0.05, 0) is 33.9 Å². The molecule has 2 heteroatoms. The zero-order valence-electron chi connectivity index (χ0n) is 11.0. The number of hydrogen-bond acceptors (Lipinski definition) is 2. The van der Waals surface area contributed by atoms with Crippen LogP contribution in [0.5, 0.6) is 0 Å². The topological polar surface area (TPSA) is 20.3 Å². The average molecular weight is 231 g/mol. The van der Waals surface area contributed by atoms with Crippen molar-refractivity contribution >= 4 is 5.78 Å². The van der Waals surface area contributed by atoms with Crippen LogP contribution < -0.4 is 0 Å². The number of carbonyl (C=O) groups excluding carboxylic acids is 1. The maximum atomic E-state index is 12.7. The smallest absolute Gasteiger partial charge is 0.183 e. The van der Waals surface area contributed by atoms with Gasteiger partial charge in [-0.15, -0.1) is 0 Å². The molecule has 0 aromatic heterocycles. The Hall–Kier alpha value is -1.15. The summed E-state index contributed by atoms with van der Waals surface area (Å²) < 4.78 is 0. The monoisotopic (exact) mass is 231 g/mol. The van der Waals surface area contributed by atoms with E-state index in [-0.39, 0.29) is 5.54 Å². The van der Waals surface area contributed by atoms with Crippen molar-refractivity contribution in [3.05, 3.63) is 35.4 Å². The maximum absolute atomic E-state index is 12.7. The third kappa shape index (κ3) is 2.14.